The monoisotopic (exact) mass is 300 g/mol. The molecule has 1 aromatic carbocycles. The minimum absolute atomic E-state index is 0.255. The highest BCUT2D eigenvalue weighted by molar-refractivity contribution is 5.92. The molecule has 2 rings (SSSR count). The van der Waals surface area contributed by atoms with Crippen LogP contribution >= 0.6 is 0 Å². The summed E-state index contributed by atoms with van der Waals surface area (Å²) in [6.07, 6.45) is 2.29. The summed E-state index contributed by atoms with van der Waals surface area (Å²) in [5, 5.41) is 2.83. The van der Waals surface area contributed by atoms with Gasteiger partial charge in [-0.25, -0.2) is 0 Å². The van der Waals surface area contributed by atoms with E-state index in [0.717, 1.165) is 12.0 Å². The summed E-state index contributed by atoms with van der Waals surface area (Å²) in [5.74, 6) is -0.00980. The second-order valence-electron chi connectivity index (χ2n) is 4.92. The van der Waals surface area contributed by atoms with Gasteiger partial charge >= 0.3 is 0 Å². The van der Waals surface area contributed by atoms with Crippen LogP contribution in [-0.4, -0.2) is 23.6 Å². The average Bonchev–Trinajstić information content (AvgIpc) is 2.51. The van der Waals surface area contributed by atoms with Gasteiger partial charge in [0.1, 0.15) is 5.69 Å². The molecule has 0 fully saturated rings. The molecule has 0 spiro atoms. The van der Waals surface area contributed by atoms with Gasteiger partial charge in [-0.1, -0.05) is 30.3 Å². The van der Waals surface area contributed by atoms with E-state index in [9.17, 15) is 9.59 Å². The quantitative estimate of drug-likeness (QED) is 0.884. The lowest BCUT2D eigenvalue weighted by Crippen LogP contribution is -2.29. The van der Waals surface area contributed by atoms with Crippen LogP contribution in [0.3, 0.4) is 0 Å². The Morgan fingerprint density at radius 2 is 2.00 bits per heavy atom. The van der Waals surface area contributed by atoms with E-state index in [1.54, 1.807) is 11.6 Å². The summed E-state index contributed by atoms with van der Waals surface area (Å²) in [7, 11) is 1.72. The number of carbonyl (C=O) groups is 1. The predicted octanol–water partition coefficient (Wildman–Crippen LogP) is 1.76. The van der Waals surface area contributed by atoms with Gasteiger partial charge in [0.25, 0.3) is 5.91 Å². The molecule has 2 aromatic rings. The second kappa shape index (κ2) is 7.45. The fourth-order valence-electron chi connectivity index (χ4n) is 2.15. The van der Waals surface area contributed by atoms with Crippen molar-refractivity contribution in [1.29, 1.82) is 0 Å². The Kier molecular flexibility index (Phi) is 5.36. The summed E-state index contributed by atoms with van der Waals surface area (Å²) >= 11 is 0. The van der Waals surface area contributed by atoms with E-state index in [1.165, 1.54) is 12.3 Å². The predicted molar refractivity (Wildman–Crippen MR) is 85.3 cm³/mol. The number of nitrogens with zero attached hydrogens (tertiary/aromatic N) is 1. The van der Waals surface area contributed by atoms with E-state index in [-0.39, 0.29) is 17.1 Å². The van der Waals surface area contributed by atoms with Crippen LogP contribution in [0.4, 0.5) is 0 Å². The number of pyridine rings is 1. The Labute approximate surface area is 129 Å². The number of carbonyl (C=O) groups excluding carboxylic acids is 1. The standard InChI is InChI=1S/C17H20N2O3/c1-3-22-16-12-19(2)14(11-15(16)20)17(21)18-10-9-13-7-5-4-6-8-13/h4-8,11-12H,3,9-10H2,1-2H3,(H,18,21). The fourth-order valence-corrected chi connectivity index (χ4v) is 2.15. The maximum absolute atomic E-state index is 12.2. The first-order chi connectivity index (χ1) is 10.6. The van der Waals surface area contributed by atoms with Crippen LogP contribution < -0.4 is 15.5 Å². The number of hydrogen-bond acceptors (Lipinski definition) is 3. The van der Waals surface area contributed by atoms with Crippen molar-refractivity contribution in [3.05, 3.63) is 64.1 Å². The van der Waals surface area contributed by atoms with Crippen molar-refractivity contribution >= 4 is 5.91 Å². The smallest absolute Gasteiger partial charge is 0.268 e. The maximum atomic E-state index is 12.2. The Hall–Kier alpha value is -2.56. The van der Waals surface area contributed by atoms with E-state index >= 15 is 0 Å². The highest BCUT2D eigenvalue weighted by atomic mass is 16.5. The van der Waals surface area contributed by atoms with Gasteiger partial charge in [-0.3, -0.25) is 9.59 Å². The lowest BCUT2D eigenvalue weighted by Gasteiger charge is -2.11. The van der Waals surface area contributed by atoms with Crippen LogP contribution in [0.1, 0.15) is 23.0 Å². The van der Waals surface area contributed by atoms with Gasteiger partial charge in [0.05, 0.1) is 12.8 Å². The van der Waals surface area contributed by atoms with Crippen LogP contribution in [0, 0.1) is 0 Å². The molecule has 1 heterocycles. The number of aryl methyl sites for hydroxylation is 1. The van der Waals surface area contributed by atoms with Crippen molar-refractivity contribution in [2.45, 2.75) is 13.3 Å². The number of rotatable bonds is 6. The average molecular weight is 300 g/mol. The van der Waals surface area contributed by atoms with Crippen LogP contribution in [0.5, 0.6) is 5.75 Å². The van der Waals surface area contributed by atoms with Crippen molar-refractivity contribution < 1.29 is 9.53 Å². The first-order valence-corrected chi connectivity index (χ1v) is 7.27. The summed E-state index contributed by atoms with van der Waals surface area (Å²) in [4.78, 5) is 24.0. The molecular formula is C17H20N2O3. The third kappa shape index (κ3) is 3.97. The normalized spacial score (nSPS) is 10.3. The lowest BCUT2D eigenvalue weighted by molar-refractivity contribution is 0.0945. The first kappa shape index (κ1) is 15.8. The zero-order valence-corrected chi connectivity index (χ0v) is 12.8. The van der Waals surface area contributed by atoms with Gasteiger partial charge in [0, 0.05) is 19.7 Å². The largest absolute Gasteiger partial charge is 0.488 e. The number of hydrogen-bond donors (Lipinski definition) is 1. The fraction of sp³-hybridized carbons (Fsp3) is 0.294. The van der Waals surface area contributed by atoms with Gasteiger partial charge in [0.2, 0.25) is 5.43 Å². The lowest BCUT2D eigenvalue weighted by atomic mass is 10.1. The number of amides is 1. The van der Waals surface area contributed by atoms with E-state index < -0.39 is 0 Å². The molecule has 1 amide bonds. The summed E-state index contributed by atoms with van der Waals surface area (Å²) in [6.45, 7) is 2.74. The Morgan fingerprint density at radius 1 is 1.27 bits per heavy atom. The Morgan fingerprint density at radius 3 is 2.68 bits per heavy atom. The molecule has 0 aliphatic carbocycles. The van der Waals surface area contributed by atoms with Crippen LogP contribution in [-0.2, 0) is 13.5 Å². The third-order valence-electron chi connectivity index (χ3n) is 3.28. The van der Waals surface area contributed by atoms with E-state index in [2.05, 4.69) is 5.32 Å². The van der Waals surface area contributed by atoms with Crippen molar-refractivity contribution in [2.24, 2.45) is 7.05 Å². The molecule has 0 radical (unpaired) electrons. The maximum Gasteiger partial charge on any atom is 0.268 e. The molecule has 5 heteroatoms. The Bertz CT molecular complexity index is 693. The van der Waals surface area contributed by atoms with E-state index in [4.69, 9.17) is 4.74 Å². The molecule has 0 bridgehead atoms. The minimum Gasteiger partial charge on any atom is -0.488 e. The van der Waals surface area contributed by atoms with Gasteiger partial charge in [-0.05, 0) is 18.9 Å². The highest BCUT2D eigenvalue weighted by Crippen LogP contribution is 2.05. The second-order valence-corrected chi connectivity index (χ2v) is 4.92. The molecular weight excluding hydrogens is 280 g/mol. The van der Waals surface area contributed by atoms with Gasteiger partial charge in [-0.15, -0.1) is 0 Å². The molecule has 22 heavy (non-hydrogen) atoms. The Balaban J connectivity index is 2.00. The van der Waals surface area contributed by atoms with Gasteiger partial charge in [0.15, 0.2) is 5.75 Å². The number of nitrogens with one attached hydrogen (secondary N) is 1. The number of aromatic nitrogens is 1. The molecule has 5 nitrogen and oxygen atoms in total. The van der Waals surface area contributed by atoms with Crippen LogP contribution in [0.15, 0.2) is 47.4 Å². The molecule has 0 unspecified atom stereocenters. The highest BCUT2D eigenvalue weighted by Gasteiger charge is 2.12. The zero-order chi connectivity index (χ0) is 15.9. The van der Waals surface area contributed by atoms with Crippen LogP contribution in [0.2, 0.25) is 0 Å². The van der Waals surface area contributed by atoms with Gasteiger partial charge < -0.3 is 14.6 Å². The molecule has 0 atom stereocenters. The van der Waals surface area contributed by atoms with Crippen molar-refractivity contribution in [3.8, 4) is 5.75 Å². The van der Waals surface area contributed by atoms with Crippen molar-refractivity contribution in [1.82, 2.24) is 9.88 Å². The van der Waals surface area contributed by atoms with Crippen molar-refractivity contribution in [3.63, 3.8) is 0 Å². The number of ether oxygens (including phenoxy) is 1. The summed E-state index contributed by atoms with van der Waals surface area (Å²) < 4.78 is 6.83. The van der Waals surface area contributed by atoms with E-state index in [1.807, 2.05) is 37.3 Å². The van der Waals surface area contributed by atoms with Crippen molar-refractivity contribution in [2.75, 3.05) is 13.2 Å². The number of benzene rings is 1. The third-order valence-corrected chi connectivity index (χ3v) is 3.28. The molecule has 1 aromatic heterocycles. The first-order valence-electron chi connectivity index (χ1n) is 7.27. The summed E-state index contributed by atoms with van der Waals surface area (Å²) in [6, 6.07) is 11.2. The molecule has 0 aliphatic rings. The summed E-state index contributed by atoms with van der Waals surface area (Å²) in [5.41, 5.74) is 1.19. The van der Waals surface area contributed by atoms with Crippen LogP contribution in [0.25, 0.3) is 0 Å². The van der Waals surface area contributed by atoms with Gasteiger partial charge in [-0.2, -0.15) is 0 Å². The molecule has 0 aliphatic heterocycles. The molecule has 0 saturated carbocycles. The minimum atomic E-state index is -0.284. The zero-order valence-electron chi connectivity index (χ0n) is 12.8. The topological polar surface area (TPSA) is 60.3 Å². The van der Waals surface area contributed by atoms with E-state index in [0.29, 0.717) is 18.8 Å². The molecule has 0 saturated heterocycles. The SMILES string of the molecule is CCOc1cn(C)c(C(=O)NCCc2ccccc2)cc1=O. The molecule has 1 N–H and O–H groups in total. The molecule has 116 valence electrons.